The third kappa shape index (κ3) is 2.44. The van der Waals surface area contributed by atoms with E-state index < -0.39 is 0 Å². The number of nitrogens with zero attached hydrogens (tertiary/aromatic N) is 1. The Morgan fingerprint density at radius 3 is 2.94 bits per heavy atom. The van der Waals surface area contributed by atoms with Crippen LogP contribution in [0.15, 0.2) is 18.2 Å². The molecule has 1 saturated heterocycles. The Labute approximate surface area is 102 Å². The van der Waals surface area contributed by atoms with E-state index in [9.17, 15) is 4.39 Å². The van der Waals surface area contributed by atoms with Gasteiger partial charge in [0.2, 0.25) is 0 Å². The zero-order chi connectivity index (χ0) is 11.7. The minimum absolute atomic E-state index is 0.141. The third-order valence-corrected chi connectivity index (χ3v) is 3.87. The lowest BCUT2D eigenvalue weighted by Crippen LogP contribution is -2.37. The molecule has 2 aliphatic rings. The molecule has 0 spiro atoms. The number of hydrogen-bond donors (Lipinski definition) is 1. The highest BCUT2D eigenvalue weighted by molar-refractivity contribution is 5.54. The summed E-state index contributed by atoms with van der Waals surface area (Å²) in [6.45, 7) is 3.57. The molecule has 1 atom stereocenters. The van der Waals surface area contributed by atoms with Crippen molar-refractivity contribution in [1.29, 1.82) is 0 Å². The molecule has 1 aromatic rings. The maximum atomic E-state index is 13.2. The summed E-state index contributed by atoms with van der Waals surface area (Å²) in [6.07, 6.45) is 4.89. The Morgan fingerprint density at radius 2 is 2.12 bits per heavy atom. The Balaban J connectivity index is 1.67. The minimum atomic E-state index is -0.141. The van der Waals surface area contributed by atoms with E-state index in [1.807, 2.05) is 6.07 Å². The largest absolute Gasteiger partial charge is 0.381 e. The smallest absolute Gasteiger partial charge is 0.125 e. The second kappa shape index (κ2) is 4.65. The Bertz CT molecular complexity index is 399. The minimum Gasteiger partial charge on any atom is -0.381 e. The number of fused-ring (bicyclic) bond motifs is 1. The van der Waals surface area contributed by atoms with Gasteiger partial charge in [0.1, 0.15) is 5.82 Å². The van der Waals surface area contributed by atoms with Gasteiger partial charge in [0.05, 0.1) is 0 Å². The standard InChI is InChI=1S/C14H19FN2/c15-12-5-3-11-4-6-13(16-14(11)9-12)10-17-7-1-2-8-17/h3,5,9,13,16H,1-2,4,6-8,10H2. The molecule has 1 unspecified atom stereocenters. The summed E-state index contributed by atoms with van der Waals surface area (Å²) in [5.74, 6) is -0.141. The monoisotopic (exact) mass is 234 g/mol. The highest BCUT2D eigenvalue weighted by Crippen LogP contribution is 2.26. The molecule has 3 rings (SSSR count). The number of aryl methyl sites for hydroxylation is 1. The van der Waals surface area contributed by atoms with Gasteiger partial charge in [-0.2, -0.15) is 0 Å². The molecule has 17 heavy (non-hydrogen) atoms. The molecule has 2 heterocycles. The number of rotatable bonds is 2. The molecular formula is C14H19FN2. The lowest BCUT2D eigenvalue weighted by molar-refractivity contribution is 0.314. The summed E-state index contributed by atoms with van der Waals surface area (Å²) in [6, 6.07) is 5.58. The second-order valence-electron chi connectivity index (χ2n) is 5.19. The van der Waals surface area contributed by atoms with Crippen LogP contribution < -0.4 is 5.32 Å². The Hall–Kier alpha value is -1.09. The fourth-order valence-corrected chi connectivity index (χ4v) is 2.94. The summed E-state index contributed by atoms with van der Waals surface area (Å²) < 4.78 is 13.2. The van der Waals surface area contributed by atoms with Crippen molar-refractivity contribution in [1.82, 2.24) is 4.90 Å². The molecule has 1 fully saturated rings. The van der Waals surface area contributed by atoms with E-state index in [0.29, 0.717) is 6.04 Å². The van der Waals surface area contributed by atoms with Crippen LogP contribution in [0.2, 0.25) is 0 Å². The van der Waals surface area contributed by atoms with E-state index in [-0.39, 0.29) is 5.82 Å². The molecule has 0 bridgehead atoms. The van der Waals surface area contributed by atoms with Gasteiger partial charge in [-0.05, 0) is 56.5 Å². The number of likely N-dealkylation sites (tertiary alicyclic amines) is 1. The van der Waals surface area contributed by atoms with Crippen LogP contribution in [0.1, 0.15) is 24.8 Å². The number of benzene rings is 1. The van der Waals surface area contributed by atoms with E-state index >= 15 is 0 Å². The van der Waals surface area contributed by atoms with Crippen LogP contribution in [0, 0.1) is 5.82 Å². The molecule has 0 aromatic heterocycles. The normalized spacial score (nSPS) is 24.4. The molecule has 0 amide bonds. The first kappa shape index (κ1) is 11.0. The van der Waals surface area contributed by atoms with Crippen molar-refractivity contribution >= 4 is 5.69 Å². The van der Waals surface area contributed by atoms with Gasteiger partial charge in [0.15, 0.2) is 0 Å². The Kier molecular flexibility index (Phi) is 3.02. The highest BCUT2D eigenvalue weighted by atomic mass is 19.1. The first-order valence-corrected chi connectivity index (χ1v) is 6.58. The fourth-order valence-electron chi connectivity index (χ4n) is 2.94. The van der Waals surface area contributed by atoms with Crippen molar-refractivity contribution in [2.75, 3.05) is 25.0 Å². The van der Waals surface area contributed by atoms with Crippen LogP contribution in [-0.4, -0.2) is 30.6 Å². The van der Waals surface area contributed by atoms with E-state index in [4.69, 9.17) is 0 Å². The van der Waals surface area contributed by atoms with Gasteiger partial charge in [-0.3, -0.25) is 0 Å². The number of halogens is 1. The topological polar surface area (TPSA) is 15.3 Å². The highest BCUT2D eigenvalue weighted by Gasteiger charge is 2.21. The predicted molar refractivity (Wildman–Crippen MR) is 67.8 cm³/mol. The van der Waals surface area contributed by atoms with Crippen LogP contribution in [0.25, 0.3) is 0 Å². The molecule has 1 N–H and O–H groups in total. The predicted octanol–water partition coefficient (Wildman–Crippen LogP) is 2.65. The molecular weight excluding hydrogens is 215 g/mol. The van der Waals surface area contributed by atoms with Gasteiger partial charge >= 0.3 is 0 Å². The van der Waals surface area contributed by atoms with Crippen molar-refractivity contribution in [2.24, 2.45) is 0 Å². The third-order valence-electron chi connectivity index (χ3n) is 3.87. The molecule has 0 aliphatic carbocycles. The van der Waals surface area contributed by atoms with Gasteiger partial charge in [-0.15, -0.1) is 0 Å². The van der Waals surface area contributed by atoms with E-state index in [1.165, 1.54) is 31.5 Å². The van der Waals surface area contributed by atoms with Crippen LogP contribution >= 0.6 is 0 Å². The summed E-state index contributed by atoms with van der Waals surface area (Å²) in [5, 5.41) is 3.48. The van der Waals surface area contributed by atoms with Crippen molar-refractivity contribution in [2.45, 2.75) is 31.7 Å². The molecule has 3 heteroatoms. The van der Waals surface area contributed by atoms with Crippen LogP contribution in [0.3, 0.4) is 0 Å². The number of hydrogen-bond acceptors (Lipinski definition) is 2. The average Bonchev–Trinajstić information content (AvgIpc) is 2.81. The Morgan fingerprint density at radius 1 is 1.29 bits per heavy atom. The van der Waals surface area contributed by atoms with Crippen molar-refractivity contribution in [3.05, 3.63) is 29.6 Å². The SMILES string of the molecule is Fc1ccc2c(c1)NC(CN1CCCC1)CC2. The molecule has 2 nitrogen and oxygen atoms in total. The molecule has 2 aliphatic heterocycles. The van der Waals surface area contributed by atoms with E-state index in [1.54, 1.807) is 12.1 Å². The van der Waals surface area contributed by atoms with Crippen LogP contribution in [-0.2, 0) is 6.42 Å². The lowest BCUT2D eigenvalue weighted by atomic mass is 9.98. The van der Waals surface area contributed by atoms with E-state index in [0.717, 1.165) is 25.1 Å². The molecule has 1 aromatic carbocycles. The lowest BCUT2D eigenvalue weighted by Gasteiger charge is -2.30. The van der Waals surface area contributed by atoms with Crippen molar-refractivity contribution in [3.63, 3.8) is 0 Å². The van der Waals surface area contributed by atoms with Gasteiger partial charge in [0.25, 0.3) is 0 Å². The zero-order valence-electron chi connectivity index (χ0n) is 10.1. The summed E-state index contributed by atoms with van der Waals surface area (Å²) in [4.78, 5) is 2.52. The van der Waals surface area contributed by atoms with E-state index in [2.05, 4.69) is 10.2 Å². The van der Waals surface area contributed by atoms with Gasteiger partial charge in [-0.1, -0.05) is 6.07 Å². The maximum Gasteiger partial charge on any atom is 0.125 e. The van der Waals surface area contributed by atoms with Crippen LogP contribution in [0.4, 0.5) is 10.1 Å². The van der Waals surface area contributed by atoms with Crippen molar-refractivity contribution in [3.8, 4) is 0 Å². The summed E-state index contributed by atoms with van der Waals surface area (Å²) in [7, 11) is 0. The quantitative estimate of drug-likeness (QED) is 0.846. The number of anilines is 1. The zero-order valence-corrected chi connectivity index (χ0v) is 10.1. The van der Waals surface area contributed by atoms with Crippen LogP contribution in [0.5, 0.6) is 0 Å². The number of nitrogens with one attached hydrogen (secondary N) is 1. The van der Waals surface area contributed by atoms with Crippen molar-refractivity contribution < 1.29 is 4.39 Å². The first-order valence-electron chi connectivity index (χ1n) is 6.58. The molecule has 92 valence electrons. The maximum absolute atomic E-state index is 13.2. The molecule has 0 radical (unpaired) electrons. The average molecular weight is 234 g/mol. The van der Waals surface area contributed by atoms with Gasteiger partial charge < -0.3 is 10.2 Å². The van der Waals surface area contributed by atoms with Gasteiger partial charge in [0, 0.05) is 18.3 Å². The first-order chi connectivity index (χ1) is 8.31. The fraction of sp³-hybridized carbons (Fsp3) is 0.571. The second-order valence-corrected chi connectivity index (χ2v) is 5.19. The van der Waals surface area contributed by atoms with Gasteiger partial charge in [-0.25, -0.2) is 4.39 Å². The molecule has 0 saturated carbocycles. The summed E-state index contributed by atoms with van der Waals surface area (Å²) in [5.41, 5.74) is 2.25. The summed E-state index contributed by atoms with van der Waals surface area (Å²) >= 11 is 0.